The topological polar surface area (TPSA) is 69.6 Å². The van der Waals surface area contributed by atoms with E-state index in [9.17, 15) is 9.90 Å². The largest absolute Gasteiger partial charge is 0.507 e. The first-order valence-electron chi connectivity index (χ1n) is 6.40. The number of fused-ring (bicyclic) bond motifs is 3. The number of phenols is 1. The third-order valence-corrected chi connectivity index (χ3v) is 4.08. The zero-order valence-electron chi connectivity index (χ0n) is 10.7. The Balaban J connectivity index is 2.23. The molecule has 2 aromatic carbocycles. The number of carboxylic acid groups (broad SMARTS) is 1. The summed E-state index contributed by atoms with van der Waals surface area (Å²) >= 11 is 6.00. The number of aliphatic carboxylic acids is 1. The number of alkyl halides is 1. The normalized spacial score (nSPS) is 16.9. The third kappa shape index (κ3) is 2.06. The van der Waals surface area contributed by atoms with Gasteiger partial charge in [-0.3, -0.25) is 4.79 Å². The van der Waals surface area contributed by atoms with Gasteiger partial charge in [0, 0.05) is 35.5 Å². The van der Waals surface area contributed by atoms with Crippen LogP contribution in [0.3, 0.4) is 0 Å². The van der Waals surface area contributed by atoms with Crippen molar-refractivity contribution in [1.29, 1.82) is 0 Å². The Bertz CT molecular complexity index is 699. The fraction of sp³-hybridized carbons (Fsp3) is 0.267. The molecule has 0 saturated heterocycles. The number of carboxylic acids is 1. The molecular formula is C15H14ClNO3. The highest BCUT2D eigenvalue weighted by molar-refractivity contribution is 6.18. The van der Waals surface area contributed by atoms with Crippen molar-refractivity contribution < 1.29 is 15.0 Å². The number of rotatable bonds is 3. The van der Waals surface area contributed by atoms with Gasteiger partial charge in [0.1, 0.15) is 5.75 Å². The molecule has 0 fully saturated rings. The molecular weight excluding hydrogens is 278 g/mol. The fourth-order valence-corrected chi connectivity index (χ4v) is 3.08. The summed E-state index contributed by atoms with van der Waals surface area (Å²) in [4.78, 5) is 10.8. The van der Waals surface area contributed by atoms with Crippen LogP contribution in [-0.4, -0.2) is 28.6 Å². The Kier molecular flexibility index (Phi) is 3.18. The van der Waals surface area contributed by atoms with E-state index < -0.39 is 5.97 Å². The predicted molar refractivity (Wildman–Crippen MR) is 78.9 cm³/mol. The number of aromatic hydroxyl groups is 1. The van der Waals surface area contributed by atoms with Gasteiger partial charge in [0.15, 0.2) is 0 Å². The Hall–Kier alpha value is -1.94. The first kappa shape index (κ1) is 13.1. The molecule has 1 aliphatic heterocycles. The molecule has 104 valence electrons. The SMILES string of the molecule is O=C(O)Cc1ccc2c(O)cc3c(c2c1)C(CCl)CN3. The second-order valence-electron chi connectivity index (χ2n) is 5.04. The Morgan fingerprint density at radius 2 is 2.15 bits per heavy atom. The Morgan fingerprint density at radius 3 is 2.85 bits per heavy atom. The van der Waals surface area contributed by atoms with Gasteiger partial charge in [-0.2, -0.15) is 0 Å². The van der Waals surface area contributed by atoms with Crippen LogP contribution in [0, 0.1) is 0 Å². The molecule has 2 aromatic rings. The van der Waals surface area contributed by atoms with Gasteiger partial charge in [-0.1, -0.05) is 18.2 Å². The van der Waals surface area contributed by atoms with E-state index in [1.54, 1.807) is 18.2 Å². The van der Waals surface area contributed by atoms with Crippen molar-refractivity contribution in [2.45, 2.75) is 12.3 Å². The minimum Gasteiger partial charge on any atom is -0.507 e. The van der Waals surface area contributed by atoms with Crippen molar-refractivity contribution in [3.8, 4) is 5.75 Å². The maximum absolute atomic E-state index is 10.8. The number of halogens is 1. The second-order valence-corrected chi connectivity index (χ2v) is 5.35. The molecule has 0 aliphatic carbocycles. The molecule has 0 aromatic heterocycles. The zero-order chi connectivity index (χ0) is 14.3. The summed E-state index contributed by atoms with van der Waals surface area (Å²) in [6.45, 7) is 0.737. The van der Waals surface area contributed by atoms with Gasteiger partial charge in [0.05, 0.1) is 6.42 Å². The van der Waals surface area contributed by atoms with Crippen LogP contribution in [0.2, 0.25) is 0 Å². The number of benzene rings is 2. The lowest BCUT2D eigenvalue weighted by Gasteiger charge is -2.12. The predicted octanol–water partition coefficient (Wildman–Crippen LogP) is 2.92. The molecule has 3 rings (SSSR count). The summed E-state index contributed by atoms with van der Waals surface area (Å²) in [5.41, 5.74) is 2.67. The van der Waals surface area contributed by atoms with Crippen LogP contribution >= 0.6 is 11.6 Å². The number of anilines is 1. The lowest BCUT2D eigenvalue weighted by Crippen LogP contribution is -2.03. The van der Waals surface area contributed by atoms with Crippen LogP contribution in [0.15, 0.2) is 24.3 Å². The van der Waals surface area contributed by atoms with E-state index in [2.05, 4.69) is 5.32 Å². The molecule has 0 radical (unpaired) electrons. The highest BCUT2D eigenvalue weighted by Crippen LogP contribution is 2.42. The maximum atomic E-state index is 10.8. The summed E-state index contributed by atoms with van der Waals surface area (Å²) in [5.74, 6) is -0.00499. The van der Waals surface area contributed by atoms with Crippen LogP contribution < -0.4 is 5.32 Å². The molecule has 1 aliphatic rings. The van der Waals surface area contributed by atoms with Crippen molar-refractivity contribution >= 4 is 34.0 Å². The highest BCUT2D eigenvalue weighted by Gasteiger charge is 2.25. The Labute approximate surface area is 121 Å². The molecule has 0 saturated carbocycles. The third-order valence-electron chi connectivity index (χ3n) is 3.71. The first-order chi connectivity index (χ1) is 9.60. The van der Waals surface area contributed by atoms with Crippen molar-refractivity contribution in [1.82, 2.24) is 0 Å². The van der Waals surface area contributed by atoms with E-state index in [0.717, 1.165) is 34.1 Å². The van der Waals surface area contributed by atoms with Gasteiger partial charge in [0.2, 0.25) is 0 Å². The first-order valence-corrected chi connectivity index (χ1v) is 6.93. The van der Waals surface area contributed by atoms with Crippen LogP contribution in [0.4, 0.5) is 5.69 Å². The summed E-state index contributed by atoms with van der Waals surface area (Å²) in [5, 5.41) is 23.8. The van der Waals surface area contributed by atoms with E-state index in [-0.39, 0.29) is 18.1 Å². The summed E-state index contributed by atoms with van der Waals surface area (Å²) < 4.78 is 0. The second kappa shape index (κ2) is 4.87. The van der Waals surface area contributed by atoms with E-state index in [1.807, 2.05) is 6.07 Å². The molecule has 0 bridgehead atoms. The van der Waals surface area contributed by atoms with Gasteiger partial charge in [-0.15, -0.1) is 11.6 Å². The van der Waals surface area contributed by atoms with E-state index >= 15 is 0 Å². The molecule has 4 nitrogen and oxygen atoms in total. The average molecular weight is 292 g/mol. The van der Waals surface area contributed by atoms with Gasteiger partial charge in [-0.25, -0.2) is 0 Å². The van der Waals surface area contributed by atoms with Crippen molar-refractivity contribution in [3.63, 3.8) is 0 Å². The molecule has 1 unspecified atom stereocenters. The minimum atomic E-state index is -0.867. The van der Waals surface area contributed by atoms with Crippen LogP contribution in [0.5, 0.6) is 5.75 Å². The maximum Gasteiger partial charge on any atom is 0.307 e. The van der Waals surface area contributed by atoms with Crippen molar-refractivity contribution in [3.05, 3.63) is 35.4 Å². The van der Waals surface area contributed by atoms with Crippen molar-refractivity contribution in [2.24, 2.45) is 0 Å². The lowest BCUT2D eigenvalue weighted by molar-refractivity contribution is -0.136. The molecule has 1 atom stereocenters. The smallest absolute Gasteiger partial charge is 0.307 e. The standard InChI is InChI=1S/C15H14ClNO3/c16-6-9-7-17-12-5-13(18)10-2-1-8(4-14(19)20)3-11(10)15(9)12/h1-3,5,9,17-18H,4,6-7H2,(H,19,20). The fourth-order valence-electron chi connectivity index (χ4n) is 2.81. The quantitative estimate of drug-likeness (QED) is 0.761. The van der Waals surface area contributed by atoms with E-state index in [0.29, 0.717) is 5.88 Å². The van der Waals surface area contributed by atoms with Gasteiger partial charge < -0.3 is 15.5 Å². The average Bonchev–Trinajstić information content (AvgIpc) is 2.81. The van der Waals surface area contributed by atoms with E-state index in [1.165, 1.54) is 0 Å². The number of phenolic OH excluding ortho intramolecular Hbond substituents is 1. The van der Waals surface area contributed by atoms with Gasteiger partial charge >= 0.3 is 5.97 Å². The summed E-state index contributed by atoms with van der Waals surface area (Å²) in [6.07, 6.45) is -0.0284. The van der Waals surface area contributed by atoms with Gasteiger partial charge in [0.25, 0.3) is 0 Å². The van der Waals surface area contributed by atoms with Crippen LogP contribution in [0.25, 0.3) is 10.8 Å². The number of carbonyl (C=O) groups is 1. The number of hydrogen-bond acceptors (Lipinski definition) is 3. The van der Waals surface area contributed by atoms with Crippen LogP contribution in [0.1, 0.15) is 17.0 Å². The minimum absolute atomic E-state index is 0.0284. The summed E-state index contributed by atoms with van der Waals surface area (Å²) in [7, 11) is 0. The summed E-state index contributed by atoms with van der Waals surface area (Å²) in [6, 6.07) is 7.06. The van der Waals surface area contributed by atoms with E-state index in [4.69, 9.17) is 16.7 Å². The molecule has 3 N–H and O–H groups in total. The molecule has 1 heterocycles. The molecule has 20 heavy (non-hydrogen) atoms. The van der Waals surface area contributed by atoms with Crippen LogP contribution in [-0.2, 0) is 11.2 Å². The number of hydrogen-bond donors (Lipinski definition) is 3. The number of nitrogens with one attached hydrogen (secondary N) is 1. The van der Waals surface area contributed by atoms with Gasteiger partial charge in [-0.05, 0) is 16.5 Å². The molecule has 0 amide bonds. The monoisotopic (exact) mass is 291 g/mol. The molecule has 0 spiro atoms. The lowest BCUT2D eigenvalue weighted by atomic mass is 9.93. The van der Waals surface area contributed by atoms with Crippen molar-refractivity contribution in [2.75, 3.05) is 17.7 Å². The Morgan fingerprint density at radius 1 is 1.35 bits per heavy atom. The highest BCUT2D eigenvalue weighted by atomic mass is 35.5. The molecule has 5 heteroatoms. The zero-order valence-corrected chi connectivity index (χ0v) is 11.4.